The second-order valence-corrected chi connectivity index (χ2v) is 7.62. The van der Waals surface area contributed by atoms with Crippen LogP contribution in [0.1, 0.15) is 6.92 Å². The molecule has 2 heterocycles. The Hall–Kier alpha value is -1.35. The van der Waals surface area contributed by atoms with Gasteiger partial charge >= 0.3 is 5.97 Å². The summed E-state index contributed by atoms with van der Waals surface area (Å²) in [4.78, 5) is 12.0. The first-order valence-corrected chi connectivity index (χ1v) is 9.04. The number of fused-ring (bicyclic) bond motifs is 1. The van der Waals surface area contributed by atoms with Crippen molar-refractivity contribution in [1.29, 1.82) is 0 Å². The third-order valence-corrected chi connectivity index (χ3v) is 5.87. The summed E-state index contributed by atoms with van der Waals surface area (Å²) in [5, 5.41) is 70.7. The van der Waals surface area contributed by atoms with Crippen molar-refractivity contribution < 1.29 is 59.5 Å². The van der Waals surface area contributed by atoms with Gasteiger partial charge in [-0.2, -0.15) is 0 Å². The minimum absolute atomic E-state index is 0.129. The molecule has 0 aromatic heterocycles. The zero-order valence-electron chi connectivity index (χ0n) is 15.7. The molecule has 12 nitrogen and oxygen atoms in total. The van der Waals surface area contributed by atoms with E-state index in [1.165, 1.54) is 6.92 Å². The zero-order chi connectivity index (χ0) is 21.7. The highest BCUT2D eigenvalue weighted by Crippen LogP contribution is 2.49. The largest absolute Gasteiger partial charge is 0.471 e. The van der Waals surface area contributed by atoms with E-state index in [0.717, 1.165) is 13.4 Å². The Labute approximate surface area is 165 Å². The molecule has 29 heavy (non-hydrogen) atoms. The number of methoxy groups -OCH3 is 1. The first-order chi connectivity index (χ1) is 13.6. The van der Waals surface area contributed by atoms with Gasteiger partial charge in [-0.05, 0) is 6.92 Å². The van der Waals surface area contributed by atoms with Crippen LogP contribution in [0.2, 0.25) is 0 Å². The number of esters is 1. The van der Waals surface area contributed by atoms with Gasteiger partial charge in [-0.3, -0.25) is 0 Å². The minimum atomic E-state index is -1.98. The highest BCUT2D eigenvalue weighted by atomic mass is 16.8. The van der Waals surface area contributed by atoms with Crippen molar-refractivity contribution in [1.82, 2.24) is 0 Å². The third kappa shape index (κ3) is 3.54. The van der Waals surface area contributed by atoms with Gasteiger partial charge in [0.25, 0.3) is 0 Å². The molecule has 1 unspecified atom stereocenters. The summed E-state index contributed by atoms with van der Waals surface area (Å²) in [6, 6.07) is 0. The van der Waals surface area contributed by atoms with Gasteiger partial charge in [0.1, 0.15) is 30.5 Å². The van der Waals surface area contributed by atoms with Crippen molar-refractivity contribution >= 4 is 5.97 Å². The molecule has 0 aromatic carbocycles. The van der Waals surface area contributed by atoms with E-state index in [9.17, 15) is 40.5 Å². The lowest BCUT2D eigenvalue weighted by atomic mass is 9.80. The third-order valence-electron chi connectivity index (χ3n) is 5.87. The van der Waals surface area contributed by atoms with Crippen LogP contribution in [0.5, 0.6) is 0 Å². The van der Waals surface area contributed by atoms with Crippen LogP contribution in [-0.2, 0) is 23.7 Å². The predicted octanol–water partition coefficient (Wildman–Crippen LogP) is -4.07. The first kappa shape index (κ1) is 22.3. The fourth-order valence-corrected chi connectivity index (χ4v) is 4.17. The van der Waals surface area contributed by atoms with Crippen LogP contribution in [0.15, 0.2) is 11.8 Å². The summed E-state index contributed by atoms with van der Waals surface area (Å²) in [5.41, 5.74) is -2.10. The summed E-state index contributed by atoms with van der Waals surface area (Å²) >= 11 is 0. The van der Waals surface area contributed by atoms with Crippen molar-refractivity contribution in [3.05, 3.63) is 11.8 Å². The summed E-state index contributed by atoms with van der Waals surface area (Å²) in [5.74, 6) is -3.16. The summed E-state index contributed by atoms with van der Waals surface area (Å²) < 4.78 is 20.8. The maximum Gasteiger partial charge on any atom is 0.337 e. The first-order valence-electron chi connectivity index (χ1n) is 9.04. The molecule has 2 fully saturated rings. The van der Waals surface area contributed by atoms with E-state index >= 15 is 0 Å². The number of carbonyl (C=O) groups is 1. The standard InChI is InChI=1S/C17H26O12/c1-17(25)8-7(10(20)13(17)23)5(14(24)26-2)4-27-15(8)29-16-12(22)11(21)9(19)6(3-18)28-16/h4,6-13,15-16,18-23,25H,3H2,1-2H3/t6-,7-,8-,9-,10+,11+,12-,13+,15+,16?,17-/m1/s1. The number of hydrogen-bond acceptors (Lipinski definition) is 12. The molecule has 12 heteroatoms. The molecule has 1 saturated heterocycles. The monoisotopic (exact) mass is 422 g/mol. The molecule has 3 rings (SSSR count). The molecule has 2 aliphatic heterocycles. The minimum Gasteiger partial charge on any atom is -0.471 e. The fraction of sp³-hybridized carbons (Fsp3) is 0.824. The zero-order valence-corrected chi connectivity index (χ0v) is 15.7. The van der Waals surface area contributed by atoms with Crippen LogP contribution < -0.4 is 0 Å². The van der Waals surface area contributed by atoms with Gasteiger partial charge in [0.2, 0.25) is 6.29 Å². The lowest BCUT2D eigenvalue weighted by molar-refractivity contribution is -0.347. The molecular weight excluding hydrogens is 396 g/mol. The average molecular weight is 422 g/mol. The molecule has 0 amide bonds. The topological polar surface area (TPSA) is 196 Å². The normalized spacial score (nSPS) is 49.8. The summed E-state index contributed by atoms with van der Waals surface area (Å²) in [6.45, 7) is 0.544. The van der Waals surface area contributed by atoms with Crippen LogP contribution in [0.3, 0.4) is 0 Å². The molecule has 1 saturated carbocycles. The molecule has 166 valence electrons. The lowest BCUT2D eigenvalue weighted by Gasteiger charge is -2.44. The van der Waals surface area contributed by atoms with E-state index in [1.807, 2.05) is 0 Å². The Bertz CT molecular complexity index is 648. The highest BCUT2D eigenvalue weighted by Gasteiger charge is 2.64. The van der Waals surface area contributed by atoms with Gasteiger partial charge in [-0.1, -0.05) is 0 Å². The van der Waals surface area contributed by atoms with Crippen LogP contribution in [0.25, 0.3) is 0 Å². The van der Waals surface area contributed by atoms with Crippen molar-refractivity contribution in [2.45, 2.75) is 61.7 Å². The molecule has 0 aromatic rings. The summed E-state index contributed by atoms with van der Waals surface area (Å²) in [6.07, 6.45) is -11.5. The number of aliphatic hydroxyl groups excluding tert-OH is 6. The van der Waals surface area contributed by atoms with E-state index in [2.05, 4.69) is 4.74 Å². The Balaban J connectivity index is 1.90. The molecule has 11 atom stereocenters. The Kier molecular flexibility index (Phi) is 6.21. The van der Waals surface area contributed by atoms with Crippen molar-refractivity contribution in [3.8, 4) is 0 Å². The summed E-state index contributed by atoms with van der Waals surface area (Å²) in [7, 11) is 1.12. The van der Waals surface area contributed by atoms with E-state index in [4.69, 9.17) is 14.2 Å². The Morgan fingerprint density at radius 1 is 1.10 bits per heavy atom. The van der Waals surface area contributed by atoms with Crippen molar-refractivity contribution in [2.75, 3.05) is 13.7 Å². The van der Waals surface area contributed by atoms with Crippen LogP contribution >= 0.6 is 0 Å². The van der Waals surface area contributed by atoms with Gasteiger partial charge in [-0.15, -0.1) is 0 Å². The number of ether oxygens (including phenoxy) is 4. The maximum atomic E-state index is 12.0. The fourth-order valence-electron chi connectivity index (χ4n) is 4.17. The van der Waals surface area contributed by atoms with E-state index in [1.54, 1.807) is 0 Å². The molecule has 1 aliphatic carbocycles. The van der Waals surface area contributed by atoms with E-state index < -0.39 is 79.2 Å². The number of hydrogen-bond donors (Lipinski definition) is 7. The molecule has 0 spiro atoms. The molecule has 0 radical (unpaired) electrons. The second-order valence-electron chi connectivity index (χ2n) is 7.62. The number of carbonyl (C=O) groups excluding carboxylic acids is 1. The van der Waals surface area contributed by atoms with Crippen LogP contribution in [-0.4, -0.2) is 110 Å². The maximum absolute atomic E-state index is 12.0. The number of aliphatic hydroxyl groups is 7. The second kappa shape index (κ2) is 8.06. The van der Waals surface area contributed by atoms with Gasteiger partial charge in [0, 0.05) is 5.92 Å². The van der Waals surface area contributed by atoms with Gasteiger partial charge in [0.05, 0.1) is 43.2 Å². The number of rotatable bonds is 4. The van der Waals surface area contributed by atoms with Crippen molar-refractivity contribution in [3.63, 3.8) is 0 Å². The Morgan fingerprint density at radius 2 is 1.76 bits per heavy atom. The quantitative estimate of drug-likeness (QED) is 0.217. The van der Waals surface area contributed by atoms with Gasteiger partial charge in [0.15, 0.2) is 6.29 Å². The molecule has 7 N–H and O–H groups in total. The van der Waals surface area contributed by atoms with Gasteiger partial charge in [-0.25, -0.2) is 4.79 Å². The van der Waals surface area contributed by atoms with Crippen LogP contribution in [0, 0.1) is 11.8 Å². The van der Waals surface area contributed by atoms with Crippen molar-refractivity contribution in [2.24, 2.45) is 11.8 Å². The molecule has 0 bridgehead atoms. The lowest BCUT2D eigenvalue weighted by Crippen LogP contribution is -2.61. The molecule has 3 aliphatic rings. The predicted molar refractivity (Wildman–Crippen MR) is 89.4 cm³/mol. The molecular formula is C17H26O12. The van der Waals surface area contributed by atoms with Crippen LogP contribution in [0.4, 0.5) is 0 Å². The van der Waals surface area contributed by atoms with E-state index in [0.29, 0.717) is 0 Å². The average Bonchev–Trinajstić information content (AvgIpc) is 2.88. The highest BCUT2D eigenvalue weighted by molar-refractivity contribution is 5.89. The SMILES string of the molecule is COC(=O)C1=CO[C@@H](OC2O[C@H](CO)[C@@H](O)[C@H](O)[C@H]2O)[C@H]2[C@@H]1[C@H](O)[C@H](O)[C@]2(C)O. The van der Waals surface area contributed by atoms with Gasteiger partial charge < -0.3 is 54.7 Å². The Morgan fingerprint density at radius 3 is 2.34 bits per heavy atom. The smallest absolute Gasteiger partial charge is 0.337 e. The van der Waals surface area contributed by atoms with E-state index in [-0.39, 0.29) is 5.57 Å².